The highest BCUT2D eigenvalue weighted by Gasteiger charge is 2.21. The maximum absolute atomic E-state index is 13.2. The zero-order valence-electron chi connectivity index (χ0n) is 9.65. The van der Waals surface area contributed by atoms with Crippen LogP contribution in [0.25, 0.3) is 5.69 Å². The topological polar surface area (TPSA) is 43.8 Å². The zero-order valence-corrected chi connectivity index (χ0v) is 9.65. The molecule has 0 saturated heterocycles. The second-order valence-corrected chi connectivity index (χ2v) is 4.51. The highest BCUT2D eigenvalue weighted by molar-refractivity contribution is 5.47. The molecule has 17 heavy (non-hydrogen) atoms. The third-order valence-corrected chi connectivity index (χ3v) is 3.26. The minimum atomic E-state index is -0.181. The summed E-state index contributed by atoms with van der Waals surface area (Å²) in [6, 6.07) is 4.83. The highest BCUT2D eigenvalue weighted by Crippen LogP contribution is 2.28. The smallest absolute Gasteiger partial charge is 0.123 e. The van der Waals surface area contributed by atoms with E-state index >= 15 is 0 Å². The fraction of sp³-hybridized carbons (Fsp3) is 0.308. The van der Waals surface area contributed by atoms with Gasteiger partial charge in [0.05, 0.1) is 17.7 Å². The Kier molecular flexibility index (Phi) is 2.26. The number of fused-ring (bicyclic) bond motifs is 3. The number of nitrogens with zero attached hydrogens (tertiary/aromatic N) is 2. The molecule has 1 aromatic heterocycles. The van der Waals surface area contributed by atoms with Crippen LogP contribution < -0.4 is 5.73 Å². The molecule has 0 unspecified atom stereocenters. The van der Waals surface area contributed by atoms with Crippen LogP contribution in [0.2, 0.25) is 0 Å². The molecule has 4 heteroatoms. The van der Waals surface area contributed by atoms with E-state index in [0.717, 1.165) is 35.5 Å². The minimum Gasteiger partial charge on any atom is -0.323 e. The first kappa shape index (κ1) is 10.5. The molecule has 0 spiro atoms. The van der Waals surface area contributed by atoms with Gasteiger partial charge in [-0.15, -0.1) is 0 Å². The molecule has 3 nitrogen and oxygen atoms in total. The molecular weight excluding hydrogens is 217 g/mol. The number of halogens is 1. The summed E-state index contributed by atoms with van der Waals surface area (Å²) in [7, 11) is 0. The second-order valence-electron chi connectivity index (χ2n) is 4.51. The summed E-state index contributed by atoms with van der Waals surface area (Å²) in [6.45, 7) is 1.93. The van der Waals surface area contributed by atoms with Crippen molar-refractivity contribution in [3.63, 3.8) is 0 Å². The Bertz CT molecular complexity index is 572. The molecule has 0 aliphatic carbocycles. The van der Waals surface area contributed by atoms with E-state index in [1.807, 2.05) is 11.5 Å². The molecule has 2 aromatic rings. The monoisotopic (exact) mass is 231 g/mol. The van der Waals surface area contributed by atoms with Gasteiger partial charge in [0.2, 0.25) is 0 Å². The Labute approximate surface area is 99.1 Å². The maximum Gasteiger partial charge on any atom is 0.123 e. The van der Waals surface area contributed by atoms with E-state index < -0.39 is 0 Å². The van der Waals surface area contributed by atoms with Crippen LogP contribution >= 0.6 is 0 Å². The number of benzene rings is 1. The van der Waals surface area contributed by atoms with Crippen molar-refractivity contribution in [1.82, 2.24) is 9.55 Å². The Morgan fingerprint density at radius 3 is 3.00 bits per heavy atom. The fourth-order valence-electron chi connectivity index (χ4n) is 2.47. The van der Waals surface area contributed by atoms with Gasteiger partial charge in [0.1, 0.15) is 5.82 Å². The van der Waals surface area contributed by atoms with Crippen LogP contribution in [-0.4, -0.2) is 9.55 Å². The molecule has 1 aliphatic heterocycles. The molecule has 0 radical (unpaired) electrons. The fourth-order valence-corrected chi connectivity index (χ4v) is 2.47. The van der Waals surface area contributed by atoms with Crippen molar-refractivity contribution in [2.45, 2.75) is 25.8 Å². The summed E-state index contributed by atoms with van der Waals surface area (Å²) in [5, 5.41) is 0. The molecule has 0 amide bonds. The van der Waals surface area contributed by atoms with Crippen LogP contribution in [0.3, 0.4) is 0 Å². The largest absolute Gasteiger partial charge is 0.323 e. The minimum absolute atomic E-state index is 0.0618. The van der Waals surface area contributed by atoms with Gasteiger partial charge in [-0.25, -0.2) is 9.37 Å². The molecule has 0 bridgehead atoms. The first-order valence-corrected chi connectivity index (χ1v) is 5.77. The van der Waals surface area contributed by atoms with Crippen molar-refractivity contribution in [2.75, 3.05) is 0 Å². The van der Waals surface area contributed by atoms with Crippen LogP contribution in [0.4, 0.5) is 4.39 Å². The van der Waals surface area contributed by atoms with Crippen LogP contribution in [0.1, 0.15) is 29.9 Å². The van der Waals surface area contributed by atoms with Crippen molar-refractivity contribution >= 4 is 0 Å². The molecule has 2 heterocycles. The summed E-state index contributed by atoms with van der Waals surface area (Å²) in [5.74, 6) is -0.181. The predicted molar refractivity (Wildman–Crippen MR) is 63.5 cm³/mol. The molecule has 2 N–H and O–H groups in total. The third-order valence-electron chi connectivity index (χ3n) is 3.26. The van der Waals surface area contributed by atoms with Gasteiger partial charge in [-0.2, -0.15) is 0 Å². The first-order valence-electron chi connectivity index (χ1n) is 5.77. The van der Waals surface area contributed by atoms with Crippen molar-refractivity contribution < 1.29 is 4.39 Å². The maximum atomic E-state index is 13.2. The lowest BCUT2D eigenvalue weighted by molar-refractivity contribution is 0.622. The van der Waals surface area contributed by atoms with Crippen molar-refractivity contribution in [2.24, 2.45) is 5.73 Å². The average Bonchev–Trinajstić information content (AvgIpc) is 2.72. The summed E-state index contributed by atoms with van der Waals surface area (Å²) >= 11 is 0. The molecule has 0 fully saturated rings. The first-order chi connectivity index (χ1) is 8.16. The van der Waals surface area contributed by atoms with Crippen molar-refractivity contribution in [1.29, 1.82) is 0 Å². The van der Waals surface area contributed by atoms with E-state index in [1.54, 1.807) is 18.5 Å². The molecule has 0 saturated carbocycles. The van der Waals surface area contributed by atoms with E-state index in [0.29, 0.717) is 0 Å². The Morgan fingerprint density at radius 1 is 1.41 bits per heavy atom. The van der Waals surface area contributed by atoms with Gasteiger partial charge in [0, 0.05) is 11.7 Å². The normalized spacial score (nSPS) is 15.2. The number of imidazole rings is 1. The van der Waals surface area contributed by atoms with Crippen LogP contribution in [0.15, 0.2) is 24.5 Å². The SMILES string of the molecule is C[C@H](N)c1ncn2c1CCc1cc(F)ccc1-2. The van der Waals surface area contributed by atoms with E-state index in [4.69, 9.17) is 5.73 Å². The predicted octanol–water partition coefficient (Wildman–Crippen LogP) is 2.13. The number of rotatable bonds is 1. The highest BCUT2D eigenvalue weighted by atomic mass is 19.1. The van der Waals surface area contributed by atoms with Gasteiger partial charge >= 0.3 is 0 Å². The lowest BCUT2D eigenvalue weighted by Gasteiger charge is -2.20. The molecule has 88 valence electrons. The quantitative estimate of drug-likeness (QED) is 0.817. The number of aromatic nitrogens is 2. The number of hydrogen-bond donors (Lipinski definition) is 1. The standard InChI is InChI=1S/C13H14FN3/c1-8(15)13-12-4-2-9-6-10(14)3-5-11(9)17(12)7-16-13/h3,5-8H,2,4,15H2,1H3/t8-/m0/s1. The number of aryl methyl sites for hydroxylation is 1. The Morgan fingerprint density at radius 2 is 2.24 bits per heavy atom. The van der Waals surface area contributed by atoms with Crippen LogP contribution in [0.5, 0.6) is 0 Å². The van der Waals surface area contributed by atoms with Gasteiger partial charge in [-0.1, -0.05) is 0 Å². The van der Waals surface area contributed by atoms with Gasteiger partial charge in [0.25, 0.3) is 0 Å². The van der Waals surface area contributed by atoms with Crippen LogP contribution in [-0.2, 0) is 12.8 Å². The lowest BCUT2D eigenvalue weighted by atomic mass is 9.99. The molecule has 1 atom stereocenters. The summed E-state index contributed by atoms with van der Waals surface area (Å²) < 4.78 is 15.2. The van der Waals surface area contributed by atoms with E-state index in [9.17, 15) is 4.39 Å². The zero-order chi connectivity index (χ0) is 12.0. The Balaban J connectivity index is 2.18. The number of nitrogens with two attached hydrogens (primary N) is 1. The van der Waals surface area contributed by atoms with E-state index in [-0.39, 0.29) is 11.9 Å². The second kappa shape index (κ2) is 3.67. The lowest BCUT2D eigenvalue weighted by Crippen LogP contribution is -2.15. The van der Waals surface area contributed by atoms with Gasteiger partial charge in [-0.05, 0) is 43.5 Å². The van der Waals surface area contributed by atoms with E-state index in [1.165, 1.54) is 6.07 Å². The van der Waals surface area contributed by atoms with Crippen molar-refractivity contribution in [3.05, 3.63) is 47.3 Å². The third kappa shape index (κ3) is 1.56. The summed E-state index contributed by atoms with van der Waals surface area (Å²) in [5.41, 5.74) is 10.0. The molecule has 1 aromatic carbocycles. The van der Waals surface area contributed by atoms with Crippen molar-refractivity contribution in [3.8, 4) is 5.69 Å². The van der Waals surface area contributed by atoms with Gasteiger partial charge in [-0.3, -0.25) is 0 Å². The number of hydrogen-bond acceptors (Lipinski definition) is 2. The summed E-state index contributed by atoms with van der Waals surface area (Å²) in [6.07, 6.45) is 3.50. The molecular formula is C13H14FN3. The van der Waals surface area contributed by atoms with Crippen LogP contribution in [0, 0.1) is 5.82 Å². The van der Waals surface area contributed by atoms with Gasteiger partial charge in [0.15, 0.2) is 0 Å². The summed E-state index contributed by atoms with van der Waals surface area (Å²) in [4.78, 5) is 4.36. The van der Waals surface area contributed by atoms with Gasteiger partial charge < -0.3 is 10.3 Å². The van der Waals surface area contributed by atoms with E-state index in [2.05, 4.69) is 4.98 Å². The Hall–Kier alpha value is -1.68. The molecule has 3 rings (SSSR count). The molecule has 1 aliphatic rings. The average molecular weight is 231 g/mol.